The van der Waals surface area contributed by atoms with Gasteiger partial charge in [-0.1, -0.05) is 30.3 Å². The molecule has 0 radical (unpaired) electrons. The molecule has 0 aromatic heterocycles. The van der Waals surface area contributed by atoms with E-state index in [1.54, 1.807) is 0 Å². The molecule has 0 aliphatic carbocycles. The van der Waals surface area contributed by atoms with Gasteiger partial charge in [-0.05, 0) is 37.8 Å². The number of amides is 1. The molecule has 5 nitrogen and oxygen atoms in total. The van der Waals surface area contributed by atoms with Crippen LogP contribution in [0.2, 0.25) is 0 Å². The minimum absolute atomic E-state index is 0.215. The largest absolute Gasteiger partial charge is 0.445 e. The predicted octanol–water partition coefficient (Wildman–Crippen LogP) is 2.32. The SMILES string of the molecule is CCN(CC1CCCN(CCN)C1)C(=O)OCc1ccccc1. The fourth-order valence-corrected chi connectivity index (χ4v) is 3.14. The second-order valence-corrected chi connectivity index (χ2v) is 6.18. The van der Waals surface area contributed by atoms with Gasteiger partial charge in [-0.25, -0.2) is 4.79 Å². The van der Waals surface area contributed by atoms with Crippen LogP contribution in [-0.2, 0) is 11.3 Å². The molecule has 1 atom stereocenters. The molecule has 5 heteroatoms. The van der Waals surface area contributed by atoms with Crippen LogP contribution in [0.15, 0.2) is 30.3 Å². The summed E-state index contributed by atoms with van der Waals surface area (Å²) in [5.41, 5.74) is 6.67. The summed E-state index contributed by atoms with van der Waals surface area (Å²) in [4.78, 5) is 16.5. The zero-order valence-electron chi connectivity index (χ0n) is 14.1. The topological polar surface area (TPSA) is 58.8 Å². The van der Waals surface area contributed by atoms with Crippen molar-refractivity contribution >= 4 is 6.09 Å². The normalized spacial score (nSPS) is 18.6. The molecule has 0 bridgehead atoms. The van der Waals surface area contributed by atoms with E-state index in [2.05, 4.69) is 4.90 Å². The molecule has 23 heavy (non-hydrogen) atoms. The highest BCUT2D eigenvalue weighted by Gasteiger charge is 2.24. The van der Waals surface area contributed by atoms with E-state index in [-0.39, 0.29) is 6.09 Å². The Kier molecular flexibility index (Phi) is 7.36. The number of carbonyl (C=O) groups is 1. The lowest BCUT2D eigenvalue weighted by molar-refractivity contribution is 0.0814. The smallest absolute Gasteiger partial charge is 0.410 e. The average Bonchev–Trinajstić information content (AvgIpc) is 2.59. The lowest BCUT2D eigenvalue weighted by Crippen LogP contribution is -2.44. The van der Waals surface area contributed by atoms with E-state index in [9.17, 15) is 4.79 Å². The highest BCUT2D eigenvalue weighted by atomic mass is 16.6. The first kappa shape index (κ1) is 17.8. The monoisotopic (exact) mass is 319 g/mol. The summed E-state index contributed by atoms with van der Waals surface area (Å²) < 4.78 is 5.45. The van der Waals surface area contributed by atoms with Crippen LogP contribution in [0.25, 0.3) is 0 Å². The Balaban J connectivity index is 1.80. The Hall–Kier alpha value is -1.59. The predicted molar refractivity (Wildman–Crippen MR) is 92.1 cm³/mol. The number of nitrogens with two attached hydrogens (primary N) is 1. The first-order valence-corrected chi connectivity index (χ1v) is 8.61. The first-order valence-electron chi connectivity index (χ1n) is 8.61. The number of likely N-dealkylation sites (tertiary alicyclic amines) is 1. The van der Waals surface area contributed by atoms with Crippen molar-refractivity contribution in [2.75, 3.05) is 39.3 Å². The van der Waals surface area contributed by atoms with Crippen molar-refractivity contribution in [2.45, 2.75) is 26.4 Å². The van der Waals surface area contributed by atoms with Crippen molar-refractivity contribution in [2.24, 2.45) is 11.7 Å². The van der Waals surface area contributed by atoms with Crippen LogP contribution in [0.5, 0.6) is 0 Å². The van der Waals surface area contributed by atoms with Gasteiger partial charge in [-0.2, -0.15) is 0 Å². The van der Waals surface area contributed by atoms with Gasteiger partial charge in [0.1, 0.15) is 6.61 Å². The molecule has 1 aromatic rings. The van der Waals surface area contributed by atoms with Crippen LogP contribution in [0, 0.1) is 5.92 Å². The van der Waals surface area contributed by atoms with Gasteiger partial charge >= 0.3 is 6.09 Å². The molecular formula is C18H29N3O2. The van der Waals surface area contributed by atoms with Crippen LogP contribution >= 0.6 is 0 Å². The second kappa shape index (κ2) is 9.53. The summed E-state index contributed by atoms with van der Waals surface area (Å²) >= 11 is 0. The van der Waals surface area contributed by atoms with Gasteiger partial charge in [0.15, 0.2) is 0 Å². The average molecular weight is 319 g/mol. The molecular weight excluding hydrogens is 290 g/mol. The molecule has 1 unspecified atom stereocenters. The Bertz CT molecular complexity index is 465. The summed E-state index contributed by atoms with van der Waals surface area (Å²) in [6.45, 7) is 7.58. The Morgan fingerprint density at radius 1 is 1.39 bits per heavy atom. The summed E-state index contributed by atoms with van der Waals surface area (Å²) in [5, 5.41) is 0. The number of hydrogen-bond acceptors (Lipinski definition) is 4. The number of benzene rings is 1. The van der Waals surface area contributed by atoms with E-state index in [1.165, 1.54) is 12.8 Å². The molecule has 1 aliphatic heterocycles. The van der Waals surface area contributed by atoms with Crippen molar-refractivity contribution in [3.05, 3.63) is 35.9 Å². The van der Waals surface area contributed by atoms with Crippen molar-refractivity contribution in [1.82, 2.24) is 9.80 Å². The minimum atomic E-state index is -0.215. The lowest BCUT2D eigenvalue weighted by Gasteiger charge is -2.35. The van der Waals surface area contributed by atoms with E-state index in [4.69, 9.17) is 10.5 Å². The van der Waals surface area contributed by atoms with E-state index in [0.717, 1.165) is 31.7 Å². The molecule has 128 valence electrons. The lowest BCUT2D eigenvalue weighted by atomic mass is 9.97. The fourth-order valence-electron chi connectivity index (χ4n) is 3.14. The number of hydrogen-bond donors (Lipinski definition) is 1. The van der Waals surface area contributed by atoms with Crippen molar-refractivity contribution in [3.8, 4) is 0 Å². The quantitative estimate of drug-likeness (QED) is 0.838. The van der Waals surface area contributed by atoms with E-state index < -0.39 is 0 Å². The van der Waals surface area contributed by atoms with E-state index >= 15 is 0 Å². The van der Waals surface area contributed by atoms with Gasteiger partial charge < -0.3 is 20.3 Å². The number of piperidine rings is 1. The van der Waals surface area contributed by atoms with Crippen LogP contribution in [0.1, 0.15) is 25.3 Å². The third kappa shape index (κ3) is 5.84. The van der Waals surface area contributed by atoms with Crippen molar-refractivity contribution in [1.29, 1.82) is 0 Å². The Morgan fingerprint density at radius 2 is 2.17 bits per heavy atom. The van der Waals surface area contributed by atoms with E-state index in [1.807, 2.05) is 42.2 Å². The number of nitrogens with zero attached hydrogens (tertiary/aromatic N) is 2. The second-order valence-electron chi connectivity index (χ2n) is 6.18. The molecule has 2 N–H and O–H groups in total. The van der Waals surface area contributed by atoms with Crippen LogP contribution < -0.4 is 5.73 Å². The number of rotatable bonds is 7. The first-order chi connectivity index (χ1) is 11.2. The van der Waals surface area contributed by atoms with Gasteiger partial charge in [-0.3, -0.25) is 0 Å². The van der Waals surface area contributed by atoms with Gasteiger partial charge in [-0.15, -0.1) is 0 Å². The molecule has 1 fully saturated rings. The third-order valence-electron chi connectivity index (χ3n) is 4.37. The van der Waals surface area contributed by atoms with Gasteiger partial charge in [0, 0.05) is 32.7 Å². The van der Waals surface area contributed by atoms with Gasteiger partial charge in [0.2, 0.25) is 0 Å². The number of carbonyl (C=O) groups excluding carboxylic acids is 1. The molecule has 1 heterocycles. The standard InChI is InChI=1S/C18H29N3O2/c1-2-21(14-17-9-6-11-20(13-17)12-10-19)18(22)23-15-16-7-4-3-5-8-16/h3-5,7-8,17H,2,6,9-15,19H2,1H3. The van der Waals surface area contributed by atoms with Gasteiger partial charge in [0.05, 0.1) is 0 Å². The summed E-state index contributed by atoms with van der Waals surface area (Å²) in [7, 11) is 0. The third-order valence-corrected chi connectivity index (χ3v) is 4.37. The molecule has 1 aromatic carbocycles. The molecule has 1 saturated heterocycles. The maximum absolute atomic E-state index is 12.3. The highest BCUT2D eigenvalue weighted by molar-refractivity contribution is 5.67. The summed E-state index contributed by atoms with van der Waals surface area (Å²) in [6, 6.07) is 9.80. The zero-order valence-corrected chi connectivity index (χ0v) is 14.1. The van der Waals surface area contributed by atoms with Crippen molar-refractivity contribution in [3.63, 3.8) is 0 Å². The molecule has 0 saturated carbocycles. The van der Waals surface area contributed by atoms with Crippen LogP contribution in [-0.4, -0.2) is 55.2 Å². The highest BCUT2D eigenvalue weighted by Crippen LogP contribution is 2.18. The fraction of sp³-hybridized carbons (Fsp3) is 0.611. The molecule has 1 amide bonds. The number of ether oxygens (including phenoxy) is 1. The zero-order chi connectivity index (χ0) is 16.5. The molecule has 2 rings (SSSR count). The van der Waals surface area contributed by atoms with Gasteiger partial charge in [0.25, 0.3) is 0 Å². The van der Waals surface area contributed by atoms with Crippen LogP contribution in [0.3, 0.4) is 0 Å². The Morgan fingerprint density at radius 3 is 2.87 bits per heavy atom. The maximum atomic E-state index is 12.3. The van der Waals surface area contributed by atoms with Crippen molar-refractivity contribution < 1.29 is 9.53 Å². The van der Waals surface area contributed by atoms with E-state index in [0.29, 0.717) is 25.6 Å². The summed E-state index contributed by atoms with van der Waals surface area (Å²) in [5.74, 6) is 0.513. The molecule has 0 spiro atoms. The molecule has 1 aliphatic rings. The minimum Gasteiger partial charge on any atom is -0.445 e. The maximum Gasteiger partial charge on any atom is 0.410 e. The van der Waals surface area contributed by atoms with Crippen LogP contribution in [0.4, 0.5) is 4.79 Å². The Labute approximate surface area is 139 Å². The summed E-state index contributed by atoms with van der Waals surface area (Å²) in [6.07, 6.45) is 2.14.